The topological polar surface area (TPSA) is 117 Å². The van der Waals surface area contributed by atoms with Crippen LogP contribution in [0.2, 0.25) is 0 Å². The first-order valence-electron chi connectivity index (χ1n) is 8.33. The molecule has 0 saturated heterocycles. The second-order valence-electron chi connectivity index (χ2n) is 5.85. The van der Waals surface area contributed by atoms with Crippen LogP contribution in [0.4, 0.5) is 0 Å². The number of carboxylic acid groups (broad SMARTS) is 1. The summed E-state index contributed by atoms with van der Waals surface area (Å²) in [4.78, 5) is 18.4. The number of aromatic nitrogens is 2. The first-order chi connectivity index (χ1) is 13.9. The number of allylic oxidation sites excluding steroid dienone is 1. The zero-order valence-electron chi connectivity index (χ0n) is 15.5. The number of rotatable bonds is 7. The molecule has 0 atom stereocenters. The molecule has 2 N–H and O–H groups in total. The fraction of sp³-hybridized carbons (Fsp3) is 0.150. The Balaban J connectivity index is 1.99. The third-order valence-corrected chi connectivity index (χ3v) is 4.77. The normalized spacial score (nSPS) is 11.2. The maximum Gasteiger partial charge on any atom is 0.341 e. The number of aliphatic carboxylic acids is 1. The number of hydrogen-bond donors (Lipinski definition) is 2. The number of hydrogen-bond acceptors (Lipinski definition) is 6. The minimum Gasteiger partial charge on any atom is -0.497 e. The minimum absolute atomic E-state index is 0.331. The number of nitrogens with one attached hydrogen (secondary N) is 1. The van der Waals surface area contributed by atoms with Gasteiger partial charge in [0.05, 0.1) is 34.4 Å². The van der Waals surface area contributed by atoms with Gasteiger partial charge in [-0.2, -0.15) is 5.26 Å². The summed E-state index contributed by atoms with van der Waals surface area (Å²) in [5, 5.41) is 18.5. The Morgan fingerprint density at radius 3 is 2.76 bits per heavy atom. The van der Waals surface area contributed by atoms with Gasteiger partial charge in [0, 0.05) is 6.07 Å². The second-order valence-corrected chi connectivity index (χ2v) is 7.02. The van der Waals surface area contributed by atoms with Crippen molar-refractivity contribution in [2.24, 2.45) is 0 Å². The lowest BCUT2D eigenvalue weighted by atomic mass is 10.1. The summed E-state index contributed by atoms with van der Waals surface area (Å²) in [5.74, 6) is 0.737. The van der Waals surface area contributed by atoms with Crippen LogP contribution in [-0.2, 0) is 4.79 Å². The molecule has 0 unspecified atom stereocenters. The van der Waals surface area contributed by atoms with Gasteiger partial charge in [-0.05, 0) is 58.5 Å². The summed E-state index contributed by atoms with van der Waals surface area (Å²) < 4.78 is 16.5. The molecule has 9 heteroatoms. The van der Waals surface area contributed by atoms with Crippen molar-refractivity contribution in [2.45, 2.75) is 0 Å². The van der Waals surface area contributed by atoms with Crippen LogP contribution in [0.5, 0.6) is 17.2 Å². The van der Waals surface area contributed by atoms with Crippen molar-refractivity contribution in [3.05, 3.63) is 45.3 Å². The lowest BCUT2D eigenvalue weighted by Crippen LogP contribution is -2.11. The van der Waals surface area contributed by atoms with Crippen molar-refractivity contribution in [3.8, 4) is 23.3 Å². The summed E-state index contributed by atoms with van der Waals surface area (Å²) in [7, 11) is 3.04. The molecule has 0 aliphatic carbocycles. The van der Waals surface area contributed by atoms with Gasteiger partial charge in [0.25, 0.3) is 0 Å². The van der Waals surface area contributed by atoms with Crippen molar-refractivity contribution in [1.29, 1.82) is 5.26 Å². The van der Waals surface area contributed by atoms with E-state index in [0.717, 1.165) is 5.52 Å². The van der Waals surface area contributed by atoms with E-state index in [9.17, 15) is 10.1 Å². The van der Waals surface area contributed by atoms with E-state index >= 15 is 0 Å². The van der Waals surface area contributed by atoms with Gasteiger partial charge < -0.3 is 24.3 Å². The summed E-state index contributed by atoms with van der Waals surface area (Å²) in [6.45, 7) is -0.479. The van der Waals surface area contributed by atoms with Gasteiger partial charge in [-0.3, -0.25) is 0 Å². The van der Waals surface area contributed by atoms with Gasteiger partial charge in [0.1, 0.15) is 17.6 Å². The SMILES string of the molecule is COc1ccc2nc(/C(C#N)=C\c3cc(I)c(OCC(=O)O)c(OC)c3)[nH]c2c1. The summed E-state index contributed by atoms with van der Waals surface area (Å²) >= 11 is 2.03. The number of imidazole rings is 1. The fourth-order valence-corrected chi connectivity index (χ4v) is 3.44. The third kappa shape index (κ3) is 4.60. The first kappa shape index (κ1) is 20.5. The van der Waals surface area contributed by atoms with E-state index in [-0.39, 0.29) is 0 Å². The van der Waals surface area contributed by atoms with E-state index in [0.29, 0.717) is 43.3 Å². The van der Waals surface area contributed by atoms with Crippen LogP contribution >= 0.6 is 22.6 Å². The van der Waals surface area contributed by atoms with Crippen LogP contribution in [0, 0.1) is 14.9 Å². The zero-order chi connectivity index (χ0) is 21.0. The highest BCUT2D eigenvalue weighted by molar-refractivity contribution is 14.1. The van der Waals surface area contributed by atoms with E-state index in [4.69, 9.17) is 19.3 Å². The third-order valence-electron chi connectivity index (χ3n) is 3.97. The van der Waals surface area contributed by atoms with Gasteiger partial charge in [-0.25, -0.2) is 9.78 Å². The highest BCUT2D eigenvalue weighted by Crippen LogP contribution is 2.35. The van der Waals surface area contributed by atoms with Crippen molar-refractivity contribution in [2.75, 3.05) is 20.8 Å². The number of carbonyl (C=O) groups is 1. The van der Waals surface area contributed by atoms with Crippen molar-refractivity contribution in [3.63, 3.8) is 0 Å². The highest BCUT2D eigenvalue weighted by atomic mass is 127. The Morgan fingerprint density at radius 1 is 1.31 bits per heavy atom. The van der Waals surface area contributed by atoms with E-state index < -0.39 is 12.6 Å². The van der Waals surface area contributed by atoms with Crippen molar-refractivity contribution in [1.82, 2.24) is 9.97 Å². The van der Waals surface area contributed by atoms with Crippen molar-refractivity contribution >= 4 is 51.2 Å². The Morgan fingerprint density at radius 2 is 2.10 bits per heavy atom. The Labute approximate surface area is 179 Å². The molecule has 148 valence electrons. The van der Waals surface area contributed by atoms with Gasteiger partial charge in [-0.1, -0.05) is 0 Å². The van der Waals surface area contributed by atoms with Crippen LogP contribution in [0.1, 0.15) is 11.4 Å². The number of nitrogens with zero attached hydrogens (tertiary/aromatic N) is 2. The minimum atomic E-state index is -1.08. The maximum atomic E-state index is 10.8. The number of nitriles is 1. The second kappa shape index (κ2) is 8.83. The van der Waals surface area contributed by atoms with Crippen LogP contribution in [0.25, 0.3) is 22.7 Å². The van der Waals surface area contributed by atoms with Gasteiger partial charge >= 0.3 is 5.97 Å². The molecule has 0 fully saturated rings. The smallest absolute Gasteiger partial charge is 0.341 e. The fourth-order valence-electron chi connectivity index (χ4n) is 2.66. The summed E-state index contributed by atoms with van der Waals surface area (Å²) in [6, 6.07) is 11.0. The number of benzene rings is 2. The molecule has 0 spiro atoms. The number of halogens is 1. The molecule has 0 aliphatic heterocycles. The standard InChI is InChI=1S/C20H16IN3O5/c1-27-13-3-4-15-16(8-13)24-20(23-15)12(9-22)5-11-6-14(21)19(17(7-11)28-2)29-10-18(25)26/h3-8H,10H2,1-2H3,(H,23,24)(H,25,26)/b12-5-. The van der Waals surface area contributed by atoms with Gasteiger partial charge in [0.2, 0.25) is 0 Å². The predicted octanol–water partition coefficient (Wildman–Crippen LogP) is 3.71. The zero-order valence-corrected chi connectivity index (χ0v) is 17.7. The predicted molar refractivity (Wildman–Crippen MR) is 115 cm³/mol. The van der Waals surface area contributed by atoms with Gasteiger partial charge in [0.15, 0.2) is 18.1 Å². The Hall–Kier alpha value is -3.26. The molecule has 0 bridgehead atoms. The number of aromatic amines is 1. The molecule has 0 aliphatic rings. The summed E-state index contributed by atoms with van der Waals surface area (Å²) in [6.07, 6.45) is 1.67. The molecule has 29 heavy (non-hydrogen) atoms. The number of methoxy groups -OCH3 is 2. The molecule has 2 aromatic carbocycles. The quantitative estimate of drug-likeness (QED) is 0.372. The van der Waals surface area contributed by atoms with Gasteiger partial charge in [-0.15, -0.1) is 0 Å². The Bertz CT molecular complexity index is 1150. The number of ether oxygens (including phenoxy) is 3. The Kier molecular flexibility index (Phi) is 6.23. The molecular weight excluding hydrogens is 489 g/mol. The molecule has 0 amide bonds. The highest BCUT2D eigenvalue weighted by Gasteiger charge is 2.14. The monoisotopic (exact) mass is 505 g/mol. The van der Waals surface area contributed by atoms with Crippen molar-refractivity contribution < 1.29 is 24.1 Å². The summed E-state index contributed by atoms with van der Waals surface area (Å²) in [5.41, 5.74) is 2.48. The lowest BCUT2D eigenvalue weighted by molar-refractivity contribution is -0.139. The average molecular weight is 505 g/mol. The molecule has 1 aromatic heterocycles. The van der Waals surface area contributed by atoms with E-state index in [1.165, 1.54) is 7.11 Å². The maximum absolute atomic E-state index is 10.8. The van der Waals surface area contributed by atoms with Crippen LogP contribution < -0.4 is 14.2 Å². The molecule has 0 saturated carbocycles. The molecular formula is C20H16IN3O5. The number of fused-ring (bicyclic) bond motifs is 1. The van der Waals surface area contributed by atoms with E-state index in [2.05, 4.69) is 16.0 Å². The average Bonchev–Trinajstić information content (AvgIpc) is 3.13. The van der Waals surface area contributed by atoms with E-state index in [1.807, 2.05) is 28.7 Å². The number of H-pyrrole nitrogens is 1. The van der Waals surface area contributed by atoms with Crippen LogP contribution in [-0.4, -0.2) is 41.9 Å². The van der Waals surface area contributed by atoms with Crippen LogP contribution in [0.3, 0.4) is 0 Å². The molecule has 0 radical (unpaired) electrons. The number of carboxylic acids is 1. The molecule has 8 nitrogen and oxygen atoms in total. The van der Waals surface area contributed by atoms with E-state index in [1.54, 1.807) is 37.5 Å². The molecule has 1 heterocycles. The molecule has 3 aromatic rings. The van der Waals surface area contributed by atoms with Crippen LogP contribution in [0.15, 0.2) is 30.3 Å². The molecule has 3 rings (SSSR count). The largest absolute Gasteiger partial charge is 0.497 e. The first-order valence-corrected chi connectivity index (χ1v) is 9.41. The lowest BCUT2D eigenvalue weighted by Gasteiger charge is -2.12.